The number of sulfonamides is 1. The molecule has 1 N–H and O–H groups in total. The number of aryl methyl sites for hydroxylation is 3. The first-order chi connectivity index (χ1) is 14.7. The van der Waals surface area contributed by atoms with Crippen molar-refractivity contribution in [2.75, 3.05) is 30.3 Å². The Balaban J connectivity index is 1.76. The maximum absolute atomic E-state index is 12.3. The van der Waals surface area contributed by atoms with E-state index in [0.717, 1.165) is 29.7 Å². The van der Waals surface area contributed by atoms with Crippen molar-refractivity contribution >= 4 is 21.6 Å². The fourth-order valence-electron chi connectivity index (χ4n) is 3.33. The minimum Gasteiger partial charge on any atom is -0.492 e. The summed E-state index contributed by atoms with van der Waals surface area (Å²) in [5.74, 6) is 0.669. The van der Waals surface area contributed by atoms with Gasteiger partial charge in [-0.05, 0) is 61.6 Å². The number of carbonyl (C=O) groups is 1. The smallest absolute Gasteiger partial charge is 0.232 e. The SMILES string of the molecule is CCCc1ccc(OCCNC(=O)CCCN(c2cc(C)ccc2C)S(C)(=O)=O)cc1. The molecule has 0 atom stereocenters. The van der Waals surface area contributed by atoms with Crippen LogP contribution in [0.3, 0.4) is 0 Å². The molecule has 0 saturated carbocycles. The summed E-state index contributed by atoms with van der Waals surface area (Å²) in [6.07, 6.45) is 4.05. The van der Waals surface area contributed by atoms with Crippen molar-refractivity contribution in [1.29, 1.82) is 0 Å². The summed E-state index contributed by atoms with van der Waals surface area (Å²) >= 11 is 0. The molecule has 0 spiro atoms. The average molecular weight is 447 g/mol. The molecule has 0 aromatic heterocycles. The van der Waals surface area contributed by atoms with Crippen LogP contribution in [0.15, 0.2) is 42.5 Å². The van der Waals surface area contributed by atoms with E-state index in [4.69, 9.17) is 4.74 Å². The number of rotatable bonds is 12. The van der Waals surface area contributed by atoms with E-state index in [0.29, 0.717) is 25.3 Å². The molecule has 0 fully saturated rings. The van der Waals surface area contributed by atoms with E-state index in [1.54, 1.807) is 0 Å². The molecular weight excluding hydrogens is 412 g/mol. The van der Waals surface area contributed by atoms with Crippen LogP contribution < -0.4 is 14.4 Å². The Labute approximate surface area is 186 Å². The van der Waals surface area contributed by atoms with E-state index in [1.807, 2.05) is 44.2 Å². The highest BCUT2D eigenvalue weighted by atomic mass is 32.2. The number of nitrogens with one attached hydrogen (secondary N) is 1. The monoisotopic (exact) mass is 446 g/mol. The first kappa shape index (κ1) is 24.7. The Kier molecular flexibility index (Phi) is 9.37. The summed E-state index contributed by atoms with van der Waals surface area (Å²) in [7, 11) is -3.43. The van der Waals surface area contributed by atoms with Crippen LogP contribution in [0.1, 0.15) is 42.9 Å². The average Bonchev–Trinajstić information content (AvgIpc) is 2.71. The van der Waals surface area contributed by atoms with Crippen molar-refractivity contribution in [3.8, 4) is 5.75 Å². The topological polar surface area (TPSA) is 75.7 Å². The molecule has 0 saturated heterocycles. The highest BCUT2D eigenvalue weighted by Crippen LogP contribution is 2.24. The zero-order valence-electron chi connectivity index (χ0n) is 19.0. The second-order valence-electron chi connectivity index (χ2n) is 7.82. The molecule has 7 heteroatoms. The van der Waals surface area contributed by atoms with Gasteiger partial charge in [0.05, 0.1) is 18.5 Å². The highest BCUT2D eigenvalue weighted by Gasteiger charge is 2.19. The summed E-state index contributed by atoms with van der Waals surface area (Å²) in [4.78, 5) is 12.1. The molecule has 2 rings (SSSR count). The fourth-order valence-corrected chi connectivity index (χ4v) is 4.34. The van der Waals surface area contributed by atoms with Crippen LogP contribution in [0.25, 0.3) is 0 Å². The molecular formula is C24H34N2O4S. The van der Waals surface area contributed by atoms with Gasteiger partial charge in [0.25, 0.3) is 0 Å². The Bertz CT molecular complexity index is 956. The summed E-state index contributed by atoms with van der Waals surface area (Å²) < 4.78 is 31.6. The maximum Gasteiger partial charge on any atom is 0.232 e. The van der Waals surface area contributed by atoms with Gasteiger partial charge in [0.1, 0.15) is 12.4 Å². The van der Waals surface area contributed by atoms with Crippen LogP contribution in [-0.2, 0) is 21.2 Å². The van der Waals surface area contributed by atoms with Crippen LogP contribution in [0.4, 0.5) is 5.69 Å². The third-order valence-corrected chi connectivity index (χ3v) is 6.13. The standard InChI is InChI=1S/C24H34N2O4S/c1-5-7-21-11-13-22(14-12-21)30-17-15-25-24(27)8-6-16-26(31(4,28)29)23-18-19(2)9-10-20(23)3/h9-14,18H,5-8,15-17H2,1-4H3,(H,25,27). The second kappa shape index (κ2) is 11.7. The summed E-state index contributed by atoms with van der Waals surface area (Å²) in [5, 5.41) is 2.83. The lowest BCUT2D eigenvalue weighted by Crippen LogP contribution is -2.33. The predicted octanol–water partition coefficient (Wildman–Crippen LogP) is 4.00. The van der Waals surface area contributed by atoms with Crippen LogP contribution in [0, 0.1) is 13.8 Å². The molecule has 2 aromatic carbocycles. The van der Waals surface area contributed by atoms with Crippen molar-refractivity contribution in [3.05, 3.63) is 59.2 Å². The summed E-state index contributed by atoms with van der Waals surface area (Å²) in [6, 6.07) is 13.7. The van der Waals surface area contributed by atoms with Gasteiger partial charge >= 0.3 is 0 Å². The van der Waals surface area contributed by atoms with Crippen molar-refractivity contribution < 1.29 is 17.9 Å². The Morgan fingerprint density at radius 3 is 2.45 bits per heavy atom. The molecule has 0 aliphatic carbocycles. The van der Waals surface area contributed by atoms with Gasteiger partial charge in [0.2, 0.25) is 15.9 Å². The molecule has 0 heterocycles. The van der Waals surface area contributed by atoms with E-state index < -0.39 is 10.0 Å². The lowest BCUT2D eigenvalue weighted by Gasteiger charge is -2.24. The number of anilines is 1. The van der Waals surface area contributed by atoms with Gasteiger partial charge < -0.3 is 10.1 Å². The quantitative estimate of drug-likeness (QED) is 0.500. The van der Waals surface area contributed by atoms with Crippen molar-refractivity contribution in [2.45, 2.75) is 46.5 Å². The lowest BCUT2D eigenvalue weighted by atomic mass is 10.1. The predicted molar refractivity (Wildman–Crippen MR) is 126 cm³/mol. The minimum absolute atomic E-state index is 0.115. The second-order valence-corrected chi connectivity index (χ2v) is 9.73. The first-order valence-corrected chi connectivity index (χ1v) is 12.6. The number of nitrogens with zero attached hydrogens (tertiary/aromatic N) is 1. The zero-order chi connectivity index (χ0) is 22.9. The van der Waals surface area contributed by atoms with Gasteiger partial charge in [-0.1, -0.05) is 37.6 Å². The van der Waals surface area contributed by atoms with Crippen LogP contribution in [0.5, 0.6) is 5.75 Å². The Hall–Kier alpha value is -2.54. The lowest BCUT2D eigenvalue weighted by molar-refractivity contribution is -0.121. The third kappa shape index (κ3) is 8.25. The van der Waals surface area contributed by atoms with Crippen LogP contribution in [0.2, 0.25) is 0 Å². The van der Waals surface area contributed by atoms with Crippen molar-refractivity contribution in [1.82, 2.24) is 5.32 Å². The number of amides is 1. The summed E-state index contributed by atoms with van der Waals surface area (Å²) in [5.41, 5.74) is 3.83. The van der Waals surface area contributed by atoms with Crippen molar-refractivity contribution in [3.63, 3.8) is 0 Å². The molecule has 170 valence electrons. The summed E-state index contributed by atoms with van der Waals surface area (Å²) in [6.45, 7) is 7.02. The Morgan fingerprint density at radius 1 is 1.10 bits per heavy atom. The van der Waals surface area contributed by atoms with Gasteiger partial charge in [0.15, 0.2) is 0 Å². The number of hydrogen-bond donors (Lipinski definition) is 1. The molecule has 1 amide bonds. The molecule has 2 aromatic rings. The highest BCUT2D eigenvalue weighted by molar-refractivity contribution is 7.92. The molecule has 0 aliphatic rings. The zero-order valence-corrected chi connectivity index (χ0v) is 19.8. The molecule has 31 heavy (non-hydrogen) atoms. The molecule has 0 bridgehead atoms. The van der Waals surface area contributed by atoms with Gasteiger partial charge in [-0.25, -0.2) is 8.42 Å². The van der Waals surface area contributed by atoms with Gasteiger partial charge in [0, 0.05) is 13.0 Å². The first-order valence-electron chi connectivity index (χ1n) is 10.7. The number of ether oxygens (including phenoxy) is 1. The molecule has 0 aliphatic heterocycles. The van der Waals surface area contributed by atoms with Gasteiger partial charge in [-0.2, -0.15) is 0 Å². The van der Waals surface area contributed by atoms with Gasteiger partial charge in [-0.3, -0.25) is 9.10 Å². The Morgan fingerprint density at radius 2 is 1.81 bits per heavy atom. The van der Waals surface area contributed by atoms with Crippen molar-refractivity contribution in [2.24, 2.45) is 0 Å². The fraction of sp³-hybridized carbons (Fsp3) is 0.458. The van der Waals surface area contributed by atoms with E-state index in [1.165, 1.54) is 16.1 Å². The van der Waals surface area contributed by atoms with Gasteiger partial charge in [-0.15, -0.1) is 0 Å². The largest absolute Gasteiger partial charge is 0.492 e. The number of hydrogen-bond acceptors (Lipinski definition) is 4. The number of carbonyl (C=O) groups excluding carboxylic acids is 1. The minimum atomic E-state index is -3.43. The van der Waals surface area contributed by atoms with E-state index in [9.17, 15) is 13.2 Å². The van der Waals surface area contributed by atoms with Crippen LogP contribution >= 0.6 is 0 Å². The molecule has 6 nitrogen and oxygen atoms in total. The molecule has 0 unspecified atom stereocenters. The maximum atomic E-state index is 12.3. The van der Waals surface area contributed by atoms with Crippen LogP contribution in [-0.4, -0.2) is 40.3 Å². The van der Waals surface area contributed by atoms with E-state index in [-0.39, 0.29) is 18.9 Å². The van der Waals surface area contributed by atoms with E-state index in [2.05, 4.69) is 24.4 Å². The normalized spacial score (nSPS) is 11.2. The number of benzene rings is 2. The third-order valence-electron chi connectivity index (χ3n) is 4.95. The molecule has 0 radical (unpaired) electrons. The van der Waals surface area contributed by atoms with E-state index >= 15 is 0 Å².